The second-order valence-corrected chi connectivity index (χ2v) is 9.21. The van der Waals surface area contributed by atoms with Gasteiger partial charge in [0.1, 0.15) is 17.6 Å². The lowest BCUT2D eigenvalue weighted by atomic mass is 9.80. The average Bonchev–Trinajstić information content (AvgIpc) is 3.32. The van der Waals surface area contributed by atoms with Crippen LogP contribution in [0.5, 0.6) is 0 Å². The summed E-state index contributed by atoms with van der Waals surface area (Å²) < 4.78 is 37.1. The van der Waals surface area contributed by atoms with Gasteiger partial charge in [-0.2, -0.15) is 0 Å². The standard InChI is InChI=1S/C19H22N2O5S/c1-13-7-8-14(26-13)10-20-18(22)17-9-19(12-25-17)11-21(27(2,23)24)16-6-4-3-5-15(16)19/h3-8,17H,9-12H2,1-2H3,(H,20,22)/t17-,19+/m0/s1. The summed E-state index contributed by atoms with van der Waals surface area (Å²) in [5, 5.41) is 2.84. The minimum absolute atomic E-state index is 0.212. The van der Waals surface area contributed by atoms with Crippen LogP contribution in [0.25, 0.3) is 0 Å². The van der Waals surface area contributed by atoms with Crippen LogP contribution in [0.3, 0.4) is 0 Å². The van der Waals surface area contributed by atoms with Crippen LogP contribution in [0.15, 0.2) is 40.8 Å². The molecule has 27 heavy (non-hydrogen) atoms. The number of ether oxygens (including phenoxy) is 1. The third-order valence-corrected chi connectivity index (χ3v) is 6.38. The van der Waals surface area contributed by atoms with Crippen LogP contribution < -0.4 is 9.62 Å². The van der Waals surface area contributed by atoms with E-state index in [0.29, 0.717) is 37.6 Å². The SMILES string of the molecule is Cc1ccc(CNC(=O)[C@@H]2C[C@]3(CO2)CN(S(C)(=O)=O)c2ccccc23)o1. The zero-order valence-electron chi connectivity index (χ0n) is 15.3. The maximum absolute atomic E-state index is 12.5. The van der Waals surface area contributed by atoms with Crippen LogP contribution in [0.4, 0.5) is 5.69 Å². The van der Waals surface area contributed by atoms with E-state index in [1.807, 2.05) is 37.3 Å². The van der Waals surface area contributed by atoms with Gasteiger partial charge in [-0.15, -0.1) is 0 Å². The summed E-state index contributed by atoms with van der Waals surface area (Å²) in [7, 11) is -3.40. The number of carbonyl (C=O) groups excluding carboxylic acids is 1. The van der Waals surface area contributed by atoms with Gasteiger partial charge in [-0.1, -0.05) is 18.2 Å². The Kier molecular flexibility index (Phi) is 4.27. The fourth-order valence-corrected chi connectivity index (χ4v) is 4.95. The largest absolute Gasteiger partial charge is 0.465 e. The van der Waals surface area contributed by atoms with Crippen molar-refractivity contribution in [2.45, 2.75) is 31.4 Å². The third kappa shape index (κ3) is 3.23. The van der Waals surface area contributed by atoms with Crippen LogP contribution in [-0.2, 0) is 31.5 Å². The highest BCUT2D eigenvalue weighted by atomic mass is 32.2. The molecule has 0 unspecified atom stereocenters. The van der Waals surface area contributed by atoms with E-state index < -0.39 is 21.5 Å². The average molecular weight is 390 g/mol. The van der Waals surface area contributed by atoms with E-state index in [2.05, 4.69) is 5.32 Å². The van der Waals surface area contributed by atoms with Gasteiger partial charge in [0.25, 0.3) is 0 Å². The van der Waals surface area contributed by atoms with Crippen LogP contribution in [-0.4, -0.2) is 39.8 Å². The molecular formula is C19H22N2O5S. The first kappa shape index (κ1) is 18.1. The molecule has 0 aliphatic carbocycles. The lowest BCUT2D eigenvalue weighted by molar-refractivity contribution is -0.130. The quantitative estimate of drug-likeness (QED) is 0.859. The molecule has 1 aromatic carbocycles. The molecule has 7 nitrogen and oxygen atoms in total. The van der Waals surface area contributed by atoms with Gasteiger partial charge in [0.2, 0.25) is 15.9 Å². The molecule has 2 aliphatic rings. The zero-order chi connectivity index (χ0) is 19.2. The maximum atomic E-state index is 12.5. The molecular weight excluding hydrogens is 368 g/mol. The summed E-state index contributed by atoms with van der Waals surface area (Å²) in [4.78, 5) is 12.5. The van der Waals surface area contributed by atoms with Crippen LogP contribution in [0.2, 0.25) is 0 Å². The number of furan rings is 1. The Labute approximate surface area is 158 Å². The normalized spacial score (nSPS) is 24.4. The number of nitrogens with zero attached hydrogens (tertiary/aromatic N) is 1. The number of aryl methyl sites for hydroxylation is 1. The Bertz CT molecular complexity index is 983. The minimum Gasteiger partial charge on any atom is -0.465 e. The second-order valence-electron chi connectivity index (χ2n) is 7.30. The molecule has 1 saturated heterocycles. The van der Waals surface area contributed by atoms with E-state index in [4.69, 9.17) is 9.15 Å². The van der Waals surface area contributed by atoms with Crippen LogP contribution >= 0.6 is 0 Å². The van der Waals surface area contributed by atoms with Crippen molar-refractivity contribution in [2.24, 2.45) is 0 Å². The number of rotatable bonds is 4. The molecule has 2 atom stereocenters. The summed E-state index contributed by atoms with van der Waals surface area (Å²) in [6.07, 6.45) is 1.03. The summed E-state index contributed by atoms with van der Waals surface area (Å²) >= 11 is 0. The van der Waals surface area contributed by atoms with Gasteiger partial charge in [0.05, 0.1) is 25.1 Å². The Morgan fingerprint density at radius 1 is 1.30 bits per heavy atom. The highest BCUT2D eigenvalue weighted by molar-refractivity contribution is 7.92. The maximum Gasteiger partial charge on any atom is 0.249 e. The highest BCUT2D eigenvalue weighted by Crippen LogP contribution is 2.48. The Balaban J connectivity index is 1.50. The molecule has 1 aromatic heterocycles. The van der Waals surface area contributed by atoms with E-state index in [0.717, 1.165) is 11.3 Å². The first-order chi connectivity index (χ1) is 12.8. The summed E-state index contributed by atoms with van der Waals surface area (Å²) in [5.41, 5.74) is 1.10. The van der Waals surface area contributed by atoms with Gasteiger partial charge >= 0.3 is 0 Å². The number of anilines is 1. The van der Waals surface area contributed by atoms with Crippen molar-refractivity contribution in [3.8, 4) is 0 Å². The molecule has 2 aliphatic heterocycles. The van der Waals surface area contributed by atoms with Gasteiger partial charge in [-0.3, -0.25) is 9.10 Å². The topological polar surface area (TPSA) is 88.9 Å². The Morgan fingerprint density at radius 3 is 2.78 bits per heavy atom. The van der Waals surface area contributed by atoms with Gasteiger partial charge < -0.3 is 14.5 Å². The lowest BCUT2D eigenvalue weighted by Gasteiger charge is -2.23. The third-order valence-electron chi connectivity index (χ3n) is 5.25. The molecule has 4 rings (SSSR count). The van der Waals surface area contributed by atoms with Crippen molar-refractivity contribution in [2.75, 3.05) is 23.7 Å². The number of fused-ring (bicyclic) bond motifs is 2. The van der Waals surface area contributed by atoms with Gasteiger partial charge in [-0.05, 0) is 37.1 Å². The van der Waals surface area contributed by atoms with E-state index in [1.165, 1.54) is 10.6 Å². The molecule has 0 bridgehead atoms. The van der Waals surface area contributed by atoms with E-state index in [9.17, 15) is 13.2 Å². The molecule has 1 N–H and O–H groups in total. The number of nitrogens with one attached hydrogen (secondary N) is 1. The van der Waals surface area contributed by atoms with Crippen molar-refractivity contribution in [1.29, 1.82) is 0 Å². The molecule has 8 heteroatoms. The fourth-order valence-electron chi connectivity index (χ4n) is 3.95. The molecule has 0 radical (unpaired) electrons. The molecule has 3 heterocycles. The van der Waals surface area contributed by atoms with Gasteiger partial charge in [0.15, 0.2) is 0 Å². The number of benzene rings is 1. The first-order valence-electron chi connectivity index (χ1n) is 8.80. The zero-order valence-corrected chi connectivity index (χ0v) is 16.1. The summed E-state index contributed by atoms with van der Waals surface area (Å²) in [5.74, 6) is 1.26. The molecule has 1 fully saturated rings. The van der Waals surface area contributed by atoms with Gasteiger partial charge in [0, 0.05) is 12.0 Å². The summed E-state index contributed by atoms with van der Waals surface area (Å²) in [6, 6.07) is 11.1. The molecule has 0 saturated carbocycles. The number of hydrogen-bond donors (Lipinski definition) is 1. The van der Waals surface area contributed by atoms with Crippen molar-refractivity contribution in [3.05, 3.63) is 53.5 Å². The van der Waals surface area contributed by atoms with Crippen molar-refractivity contribution in [1.82, 2.24) is 5.32 Å². The van der Waals surface area contributed by atoms with E-state index in [1.54, 1.807) is 6.07 Å². The highest BCUT2D eigenvalue weighted by Gasteiger charge is 2.52. The van der Waals surface area contributed by atoms with E-state index >= 15 is 0 Å². The van der Waals surface area contributed by atoms with Crippen molar-refractivity contribution >= 4 is 21.6 Å². The number of hydrogen-bond acceptors (Lipinski definition) is 5. The first-order valence-corrected chi connectivity index (χ1v) is 10.7. The van der Waals surface area contributed by atoms with Crippen LogP contribution in [0.1, 0.15) is 23.5 Å². The van der Waals surface area contributed by atoms with Crippen LogP contribution in [0, 0.1) is 6.92 Å². The molecule has 1 spiro atoms. The monoisotopic (exact) mass is 390 g/mol. The Hall–Kier alpha value is -2.32. The van der Waals surface area contributed by atoms with Gasteiger partial charge in [-0.25, -0.2) is 8.42 Å². The predicted molar refractivity (Wildman–Crippen MR) is 100.0 cm³/mol. The molecule has 144 valence electrons. The summed E-state index contributed by atoms with van der Waals surface area (Å²) in [6.45, 7) is 2.76. The number of sulfonamides is 1. The smallest absolute Gasteiger partial charge is 0.249 e. The number of amides is 1. The molecule has 1 amide bonds. The minimum atomic E-state index is -3.40. The lowest BCUT2D eigenvalue weighted by Crippen LogP contribution is -2.38. The van der Waals surface area contributed by atoms with Crippen molar-refractivity contribution in [3.63, 3.8) is 0 Å². The second kappa shape index (κ2) is 6.38. The van der Waals surface area contributed by atoms with Crippen molar-refractivity contribution < 1.29 is 22.4 Å². The fraction of sp³-hybridized carbons (Fsp3) is 0.421. The number of para-hydroxylation sites is 1. The Morgan fingerprint density at radius 2 is 2.07 bits per heavy atom. The van der Waals surface area contributed by atoms with E-state index in [-0.39, 0.29) is 5.91 Å². The molecule has 2 aromatic rings. The predicted octanol–water partition coefficient (Wildman–Crippen LogP) is 1.71. The number of carbonyl (C=O) groups is 1.